The SMILES string of the molecule is CC(C)(C)OC(=O)NC1CCCN(C(=O)c2c(F)ccc(F)c2Br)C1. The minimum atomic E-state index is -0.791. The summed E-state index contributed by atoms with van der Waals surface area (Å²) < 4.78 is 32.6. The van der Waals surface area contributed by atoms with Crippen LogP contribution in [0.3, 0.4) is 0 Å². The lowest BCUT2D eigenvalue weighted by molar-refractivity contribution is 0.0451. The van der Waals surface area contributed by atoms with Gasteiger partial charge in [0.1, 0.15) is 17.2 Å². The summed E-state index contributed by atoms with van der Waals surface area (Å²) in [7, 11) is 0. The molecule has 0 bridgehead atoms. The Bertz CT molecular complexity index is 677. The number of piperidine rings is 1. The Morgan fingerprint density at radius 3 is 2.56 bits per heavy atom. The third kappa shape index (κ3) is 5.14. The molecule has 2 amide bonds. The molecule has 0 aromatic heterocycles. The monoisotopic (exact) mass is 418 g/mol. The molecule has 8 heteroatoms. The number of carbonyl (C=O) groups is 2. The minimum absolute atomic E-state index is 0.195. The summed E-state index contributed by atoms with van der Waals surface area (Å²) in [6.45, 7) is 5.89. The lowest BCUT2D eigenvalue weighted by Gasteiger charge is -2.34. The van der Waals surface area contributed by atoms with E-state index in [1.165, 1.54) is 4.90 Å². The van der Waals surface area contributed by atoms with Crippen LogP contribution in [0.2, 0.25) is 0 Å². The van der Waals surface area contributed by atoms with Crippen LogP contribution >= 0.6 is 15.9 Å². The molecule has 1 N–H and O–H groups in total. The molecule has 0 saturated carbocycles. The van der Waals surface area contributed by atoms with Gasteiger partial charge in [0.25, 0.3) is 5.91 Å². The van der Waals surface area contributed by atoms with Crippen molar-refractivity contribution < 1.29 is 23.1 Å². The Morgan fingerprint density at radius 2 is 1.92 bits per heavy atom. The number of halogens is 3. The Balaban J connectivity index is 2.07. The van der Waals surface area contributed by atoms with Crippen molar-refractivity contribution in [3.05, 3.63) is 33.8 Å². The van der Waals surface area contributed by atoms with Gasteiger partial charge in [-0.3, -0.25) is 4.79 Å². The van der Waals surface area contributed by atoms with Crippen LogP contribution in [-0.2, 0) is 4.74 Å². The average Bonchev–Trinajstić information content (AvgIpc) is 2.49. The van der Waals surface area contributed by atoms with Crippen LogP contribution in [0.1, 0.15) is 44.0 Å². The average molecular weight is 419 g/mol. The molecule has 138 valence electrons. The van der Waals surface area contributed by atoms with Crippen molar-refractivity contribution >= 4 is 27.9 Å². The maximum Gasteiger partial charge on any atom is 0.407 e. The number of carbonyl (C=O) groups excluding carboxylic acids is 2. The highest BCUT2D eigenvalue weighted by Crippen LogP contribution is 2.26. The number of hydrogen-bond acceptors (Lipinski definition) is 3. The summed E-state index contributed by atoms with van der Waals surface area (Å²) in [5, 5.41) is 2.72. The number of amides is 2. The molecule has 2 rings (SSSR count). The molecule has 1 saturated heterocycles. The van der Waals surface area contributed by atoms with E-state index in [4.69, 9.17) is 4.74 Å². The van der Waals surface area contributed by atoms with Crippen molar-refractivity contribution in [3.63, 3.8) is 0 Å². The number of rotatable bonds is 2. The lowest BCUT2D eigenvalue weighted by Crippen LogP contribution is -2.50. The van der Waals surface area contributed by atoms with E-state index in [-0.39, 0.29) is 22.6 Å². The quantitative estimate of drug-likeness (QED) is 0.741. The van der Waals surface area contributed by atoms with Gasteiger partial charge >= 0.3 is 6.09 Å². The first-order valence-corrected chi connectivity index (χ1v) is 8.80. The predicted octanol–water partition coefficient (Wildman–Crippen LogP) is 3.86. The topological polar surface area (TPSA) is 58.6 Å². The van der Waals surface area contributed by atoms with Gasteiger partial charge in [0.05, 0.1) is 10.0 Å². The summed E-state index contributed by atoms with van der Waals surface area (Å²) in [6.07, 6.45) is 0.751. The Labute approximate surface area is 153 Å². The Hall–Kier alpha value is -1.70. The van der Waals surface area contributed by atoms with Crippen molar-refractivity contribution in [2.75, 3.05) is 13.1 Å². The van der Waals surface area contributed by atoms with Gasteiger partial charge in [-0.2, -0.15) is 0 Å². The summed E-state index contributed by atoms with van der Waals surface area (Å²) >= 11 is 2.93. The van der Waals surface area contributed by atoms with Gasteiger partial charge in [-0.05, 0) is 61.7 Å². The van der Waals surface area contributed by atoms with Crippen LogP contribution in [0.25, 0.3) is 0 Å². The molecule has 25 heavy (non-hydrogen) atoms. The minimum Gasteiger partial charge on any atom is -0.444 e. The molecule has 0 radical (unpaired) electrons. The highest BCUT2D eigenvalue weighted by atomic mass is 79.9. The van der Waals surface area contributed by atoms with Gasteiger partial charge in [0, 0.05) is 19.1 Å². The Kier molecular flexibility index (Phi) is 6.03. The van der Waals surface area contributed by atoms with E-state index in [1.807, 2.05) is 0 Å². The highest BCUT2D eigenvalue weighted by Gasteiger charge is 2.30. The fraction of sp³-hybridized carbons (Fsp3) is 0.529. The zero-order valence-corrected chi connectivity index (χ0v) is 16.0. The van der Waals surface area contributed by atoms with Gasteiger partial charge < -0.3 is 15.0 Å². The fourth-order valence-electron chi connectivity index (χ4n) is 2.63. The number of nitrogens with one attached hydrogen (secondary N) is 1. The molecule has 1 atom stereocenters. The molecule has 1 heterocycles. The zero-order valence-electron chi connectivity index (χ0n) is 14.4. The van der Waals surface area contributed by atoms with E-state index in [1.54, 1.807) is 20.8 Å². The van der Waals surface area contributed by atoms with Crippen molar-refractivity contribution in [1.29, 1.82) is 0 Å². The third-order valence-electron chi connectivity index (χ3n) is 3.69. The van der Waals surface area contributed by atoms with E-state index < -0.39 is 29.2 Å². The second-order valence-electron chi connectivity index (χ2n) is 6.95. The van der Waals surface area contributed by atoms with E-state index in [0.717, 1.165) is 12.1 Å². The lowest BCUT2D eigenvalue weighted by atomic mass is 10.0. The second kappa shape index (κ2) is 7.68. The number of nitrogens with zero attached hydrogens (tertiary/aromatic N) is 1. The standard InChI is InChI=1S/C17H21BrF2N2O3/c1-17(2,3)25-16(24)21-10-5-4-8-22(9-10)15(23)13-11(19)6-7-12(20)14(13)18/h6-7,10H,4-5,8-9H2,1-3H3,(H,21,24). The molecule has 1 aliphatic heterocycles. The highest BCUT2D eigenvalue weighted by molar-refractivity contribution is 9.10. The number of alkyl carbamates (subject to hydrolysis) is 1. The van der Waals surface area contributed by atoms with Gasteiger partial charge in [0.15, 0.2) is 0 Å². The molecule has 1 aromatic carbocycles. The molecule has 1 aliphatic rings. The largest absolute Gasteiger partial charge is 0.444 e. The van der Waals surface area contributed by atoms with Crippen LogP contribution < -0.4 is 5.32 Å². The van der Waals surface area contributed by atoms with Crippen molar-refractivity contribution in [2.45, 2.75) is 45.3 Å². The Morgan fingerprint density at radius 1 is 1.28 bits per heavy atom. The normalized spacial score (nSPS) is 18.0. The van der Waals surface area contributed by atoms with Gasteiger partial charge in [-0.15, -0.1) is 0 Å². The molecular formula is C17H21BrF2N2O3. The summed E-state index contributed by atoms with van der Waals surface area (Å²) in [4.78, 5) is 25.9. The van der Waals surface area contributed by atoms with E-state index in [9.17, 15) is 18.4 Å². The van der Waals surface area contributed by atoms with Crippen molar-refractivity contribution in [3.8, 4) is 0 Å². The molecular weight excluding hydrogens is 398 g/mol. The molecule has 0 aliphatic carbocycles. The predicted molar refractivity (Wildman–Crippen MR) is 92.4 cm³/mol. The van der Waals surface area contributed by atoms with Crippen LogP contribution in [-0.4, -0.2) is 41.6 Å². The number of benzene rings is 1. The zero-order chi connectivity index (χ0) is 18.8. The van der Waals surface area contributed by atoms with Crippen LogP contribution in [0.4, 0.5) is 13.6 Å². The number of ether oxygens (including phenoxy) is 1. The van der Waals surface area contributed by atoms with Gasteiger partial charge in [0.2, 0.25) is 0 Å². The van der Waals surface area contributed by atoms with E-state index in [2.05, 4.69) is 21.2 Å². The maximum atomic E-state index is 14.0. The first kappa shape index (κ1) is 19.6. The van der Waals surface area contributed by atoms with Gasteiger partial charge in [-0.25, -0.2) is 13.6 Å². The summed E-state index contributed by atoms with van der Waals surface area (Å²) in [6, 6.07) is 1.58. The van der Waals surface area contributed by atoms with E-state index >= 15 is 0 Å². The molecule has 1 unspecified atom stereocenters. The maximum absolute atomic E-state index is 14.0. The summed E-state index contributed by atoms with van der Waals surface area (Å²) in [5.41, 5.74) is -0.956. The summed E-state index contributed by atoms with van der Waals surface area (Å²) in [5.74, 6) is -2.11. The van der Waals surface area contributed by atoms with Crippen molar-refractivity contribution in [2.24, 2.45) is 0 Å². The molecule has 1 aromatic rings. The first-order valence-electron chi connectivity index (χ1n) is 8.01. The number of hydrogen-bond donors (Lipinski definition) is 1. The van der Waals surface area contributed by atoms with Gasteiger partial charge in [-0.1, -0.05) is 0 Å². The molecule has 0 spiro atoms. The van der Waals surface area contributed by atoms with Crippen molar-refractivity contribution in [1.82, 2.24) is 10.2 Å². The fourth-order valence-corrected chi connectivity index (χ4v) is 3.13. The smallest absolute Gasteiger partial charge is 0.407 e. The number of likely N-dealkylation sites (tertiary alicyclic amines) is 1. The van der Waals surface area contributed by atoms with Crippen LogP contribution in [0, 0.1) is 11.6 Å². The van der Waals surface area contributed by atoms with Crippen LogP contribution in [0.15, 0.2) is 16.6 Å². The molecule has 5 nitrogen and oxygen atoms in total. The van der Waals surface area contributed by atoms with E-state index in [0.29, 0.717) is 19.4 Å². The van der Waals surface area contributed by atoms with Crippen LogP contribution in [0.5, 0.6) is 0 Å². The second-order valence-corrected chi connectivity index (χ2v) is 7.75. The first-order chi connectivity index (χ1) is 11.6. The molecule has 1 fully saturated rings. The third-order valence-corrected chi connectivity index (χ3v) is 4.46.